The molecular weight excluding hydrogens is 162 g/mol. The third-order valence-corrected chi connectivity index (χ3v) is 1.91. The third-order valence-electron chi connectivity index (χ3n) is 1.91. The Balaban J connectivity index is 2.75. The summed E-state index contributed by atoms with van der Waals surface area (Å²) in [6.45, 7) is -3.78. The van der Waals surface area contributed by atoms with E-state index in [2.05, 4.69) is 5.32 Å². The van der Waals surface area contributed by atoms with Gasteiger partial charge in [-0.05, 0) is 19.0 Å². The summed E-state index contributed by atoms with van der Waals surface area (Å²) < 4.78 is 36.2. The first-order chi connectivity index (χ1) is 8.15. The van der Waals surface area contributed by atoms with Crippen LogP contribution in [0.5, 0.6) is 0 Å². The molecule has 0 aliphatic carbocycles. The second kappa shape index (κ2) is 5.00. The summed E-state index contributed by atoms with van der Waals surface area (Å²) in [6.07, 6.45) is -0.969. The van der Waals surface area contributed by atoms with Gasteiger partial charge in [-0.25, -0.2) is 0 Å². The molecule has 1 aromatic rings. The Morgan fingerprint density at radius 2 is 2.23 bits per heavy atom. The van der Waals surface area contributed by atoms with Gasteiger partial charge in [0.05, 0.1) is 6.10 Å². The molecule has 1 aromatic carbocycles. The van der Waals surface area contributed by atoms with Gasteiger partial charge in [0.25, 0.3) is 0 Å². The van der Waals surface area contributed by atoms with Crippen molar-refractivity contribution in [1.29, 1.82) is 0 Å². The molecule has 0 fully saturated rings. The van der Waals surface area contributed by atoms with Crippen molar-refractivity contribution in [3.63, 3.8) is 0 Å². The first kappa shape index (κ1) is 5.13. The van der Waals surface area contributed by atoms with Gasteiger partial charge in [0, 0.05) is 12.9 Å². The van der Waals surface area contributed by atoms with Gasteiger partial charge < -0.3 is 10.4 Å². The van der Waals surface area contributed by atoms with E-state index in [0.29, 0.717) is 5.56 Å². The highest BCUT2D eigenvalue weighted by atomic mass is 16.3. The fourth-order valence-corrected chi connectivity index (χ4v) is 1.13. The van der Waals surface area contributed by atoms with Crippen LogP contribution >= 0.6 is 0 Å². The van der Waals surface area contributed by atoms with E-state index in [4.69, 9.17) is 6.85 Å². The lowest BCUT2D eigenvalue weighted by molar-refractivity contribution is 0.137. The topological polar surface area (TPSA) is 32.3 Å². The molecule has 0 aliphatic heterocycles. The molecule has 0 saturated carbocycles. The number of hydrogen-bond donors (Lipinski definition) is 2. The number of rotatable bonds is 4. The van der Waals surface area contributed by atoms with Gasteiger partial charge in [-0.1, -0.05) is 37.2 Å². The Morgan fingerprint density at radius 1 is 1.54 bits per heavy atom. The third kappa shape index (κ3) is 2.83. The maximum atomic E-state index is 10.0. The number of nitrogens with one attached hydrogen (secondary N) is 1. The van der Waals surface area contributed by atoms with Crippen molar-refractivity contribution in [2.45, 2.75) is 25.9 Å². The molecule has 1 rings (SSSR count). The van der Waals surface area contributed by atoms with Crippen LogP contribution in [-0.4, -0.2) is 17.6 Å². The van der Waals surface area contributed by atoms with Gasteiger partial charge in [0.1, 0.15) is 0 Å². The predicted molar refractivity (Wildman–Crippen MR) is 54.5 cm³/mol. The number of aliphatic hydroxyl groups excluding tert-OH is 1. The van der Waals surface area contributed by atoms with Gasteiger partial charge in [-0.15, -0.1) is 0 Å². The highest BCUT2D eigenvalue weighted by Gasteiger charge is 2.13. The Hall–Kier alpha value is -0.860. The maximum Gasteiger partial charge on any atom is 0.0940 e. The van der Waals surface area contributed by atoms with E-state index in [1.807, 2.05) is 0 Å². The number of likely N-dealkylation sites (N-methyl/N-ethyl adjacent to an activating group) is 1. The van der Waals surface area contributed by atoms with E-state index < -0.39 is 25.5 Å². The Morgan fingerprint density at radius 3 is 2.85 bits per heavy atom. The molecule has 2 atom stereocenters. The summed E-state index contributed by atoms with van der Waals surface area (Å²) in [5.74, 6) is 0. The van der Waals surface area contributed by atoms with E-state index in [-0.39, 0.29) is 0 Å². The molecule has 0 spiro atoms. The molecule has 0 aromatic heterocycles. The average Bonchev–Trinajstić information content (AvgIpc) is 2.27. The molecule has 0 radical (unpaired) electrons. The second-order valence-corrected chi connectivity index (χ2v) is 2.91. The van der Waals surface area contributed by atoms with Crippen molar-refractivity contribution < 1.29 is 12.0 Å². The van der Waals surface area contributed by atoms with Crippen molar-refractivity contribution in [1.82, 2.24) is 5.32 Å². The highest BCUT2D eigenvalue weighted by molar-refractivity contribution is 5.18. The standard InChI is InChI=1S/C11H17NO/c1-3-12-9(2)11(13)10-7-5-4-6-8-10/h4-9,11-13H,3H2,1-2H3/i1D3,3D2. The molecule has 2 unspecified atom stereocenters. The van der Waals surface area contributed by atoms with Crippen molar-refractivity contribution in [3.8, 4) is 0 Å². The van der Waals surface area contributed by atoms with Gasteiger partial charge in [0.2, 0.25) is 0 Å². The van der Waals surface area contributed by atoms with Crippen molar-refractivity contribution in [2.75, 3.05) is 6.50 Å². The molecule has 0 bridgehead atoms. The lowest BCUT2D eigenvalue weighted by atomic mass is 10.0. The monoisotopic (exact) mass is 184 g/mol. The quantitative estimate of drug-likeness (QED) is 0.746. The first-order valence-corrected chi connectivity index (χ1v) is 4.16. The largest absolute Gasteiger partial charge is 0.387 e. The fourth-order valence-electron chi connectivity index (χ4n) is 1.13. The van der Waals surface area contributed by atoms with Crippen LogP contribution in [0.1, 0.15) is 32.3 Å². The van der Waals surface area contributed by atoms with E-state index >= 15 is 0 Å². The van der Waals surface area contributed by atoms with Crippen LogP contribution in [0.4, 0.5) is 0 Å². The minimum Gasteiger partial charge on any atom is -0.387 e. The summed E-state index contributed by atoms with van der Waals surface area (Å²) >= 11 is 0. The minimum absolute atomic E-state index is 0.610. The summed E-state index contributed by atoms with van der Waals surface area (Å²) in [6, 6.07) is 7.99. The molecule has 72 valence electrons. The smallest absolute Gasteiger partial charge is 0.0940 e. The lowest BCUT2D eigenvalue weighted by Crippen LogP contribution is -2.31. The molecule has 2 heteroatoms. The summed E-state index contributed by atoms with van der Waals surface area (Å²) in [5, 5.41) is 12.3. The summed E-state index contributed by atoms with van der Waals surface area (Å²) in [4.78, 5) is 0. The first-order valence-electron chi connectivity index (χ1n) is 6.66. The summed E-state index contributed by atoms with van der Waals surface area (Å²) in [7, 11) is 0. The molecule has 13 heavy (non-hydrogen) atoms. The zero-order valence-electron chi connectivity index (χ0n) is 12.5. The van der Waals surface area contributed by atoms with Crippen LogP contribution in [0.3, 0.4) is 0 Å². The van der Waals surface area contributed by atoms with Crippen LogP contribution in [0, 0.1) is 0 Å². The fraction of sp³-hybridized carbons (Fsp3) is 0.455. The highest BCUT2D eigenvalue weighted by Crippen LogP contribution is 2.15. The zero-order valence-corrected chi connectivity index (χ0v) is 7.49. The molecule has 2 N–H and O–H groups in total. The zero-order chi connectivity index (χ0) is 14.0. The SMILES string of the molecule is [2H]C([2H])([2H])C([2H])([2H])NC(C)C(O)c1ccccc1. The molecule has 0 heterocycles. The van der Waals surface area contributed by atoms with Crippen molar-refractivity contribution >= 4 is 0 Å². The van der Waals surface area contributed by atoms with Crippen LogP contribution in [-0.2, 0) is 0 Å². The Labute approximate surface area is 86.6 Å². The van der Waals surface area contributed by atoms with E-state index in [9.17, 15) is 5.11 Å². The molecular formula is C11H17NO. The normalized spacial score (nSPS) is 23.1. The molecule has 0 amide bonds. The number of aliphatic hydroxyl groups is 1. The molecule has 2 nitrogen and oxygen atoms in total. The summed E-state index contributed by atoms with van der Waals surface area (Å²) in [5.41, 5.74) is 0.610. The van der Waals surface area contributed by atoms with Gasteiger partial charge in [-0.2, -0.15) is 0 Å². The van der Waals surface area contributed by atoms with Crippen molar-refractivity contribution in [2.24, 2.45) is 0 Å². The van der Waals surface area contributed by atoms with Gasteiger partial charge in [0.15, 0.2) is 0 Å². The molecule has 0 aliphatic rings. The maximum absolute atomic E-state index is 10.0. The van der Waals surface area contributed by atoms with Crippen molar-refractivity contribution in [3.05, 3.63) is 35.9 Å². The number of hydrogen-bond acceptors (Lipinski definition) is 2. The van der Waals surface area contributed by atoms with E-state index in [1.165, 1.54) is 0 Å². The second-order valence-electron chi connectivity index (χ2n) is 2.91. The minimum atomic E-state index is -2.78. The van der Waals surface area contributed by atoms with Crippen LogP contribution in [0.25, 0.3) is 0 Å². The van der Waals surface area contributed by atoms with E-state index in [1.54, 1.807) is 37.3 Å². The van der Waals surface area contributed by atoms with E-state index in [0.717, 1.165) is 0 Å². The lowest BCUT2D eigenvalue weighted by Gasteiger charge is -2.19. The van der Waals surface area contributed by atoms with Gasteiger partial charge >= 0.3 is 0 Å². The Kier molecular flexibility index (Phi) is 1.97. The predicted octanol–water partition coefficient (Wildman–Crippen LogP) is 1.72. The average molecular weight is 184 g/mol. The van der Waals surface area contributed by atoms with Crippen LogP contribution in [0.15, 0.2) is 30.3 Å². The molecule has 0 saturated heterocycles. The van der Waals surface area contributed by atoms with Crippen LogP contribution in [0.2, 0.25) is 0 Å². The van der Waals surface area contributed by atoms with Gasteiger partial charge in [-0.3, -0.25) is 0 Å². The van der Waals surface area contributed by atoms with Crippen LogP contribution < -0.4 is 5.32 Å². The number of benzene rings is 1. The Bertz CT molecular complexity index is 379.